The van der Waals surface area contributed by atoms with Crippen molar-refractivity contribution in [2.75, 3.05) is 32.8 Å². The molecule has 168 valence electrons. The number of ether oxygens (including phenoxy) is 2. The summed E-state index contributed by atoms with van der Waals surface area (Å²) in [6.07, 6.45) is 1.55. The second-order valence-electron chi connectivity index (χ2n) is 7.03. The van der Waals surface area contributed by atoms with E-state index in [0.717, 1.165) is 32.0 Å². The number of amides is 1. The van der Waals surface area contributed by atoms with Crippen molar-refractivity contribution >= 4 is 29.1 Å². The lowest BCUT2D eigenvalue weighted by Gasteiger charge is -2.32. The van der Waals surface area contributed by atoms with Gasteiger partial charge in [0.1, 0.15) is 29.7 Å². The zero-order valence-electron chi connectivity index (χ0n) is 16.7. The number of carbonyl (C=O) groups excluding carboxylic acids is 1. The zero-order chi connectivity index (χ0) is 22.2. The molecule has 0 atom stereocenters. The van der Waals surface area contributed by atoms with Crippen molar-refractivity contribution in [1.82, 2.24) is 15.8 Å². The summed E-state index contributed by atoms with van der Waals surface area (Å²) in [6.45, 7) is 2.25. The van der Waals surface area contributed by atoms with Crippen LogP contribution >= 0.6 is 23.2 Å². The van der Waals surface area contributed by atoms with Gasteiger partial charge in [-0.2, -0.15) is 0 Å². The number of hydrogen-bond donors (Lipinski definition) is 2. The molecule has 0 spiro atoms. The van der Waals surface area contributed by atoms with Gasteiger partial charge in [0.15, 0.2) is 6.61 Å². The SMILES string of the molecule is O=C(COc1ccc(Cl)c(F)c1)NC1CCN(NCCOc2ccc(Cl)c(F)c2)CC1. The van der Waals surface area contributed by atoms with Gasteiger partial charge in [0.05, 0.1) is 10.0 Å². The fourth-order valence-electron chi connectivity index (χ4n) is 3.11. The lowest BCUT2D eigenvalue weighted by Crippen LogP contribution is -2.50. The van der Waals surface area contributed by atoms with Crippen molar-refractivity contribution in [3.8, 4) is 11.5 Å². The molecule has 1 aliphatic heterocycles. The predicted octanol–water partition coefficient (Wildman–Crippen LogP) is 3.81. The number of hydrazine groups is 1. The van der Waals surface area contributed by atoms with Crippen LogP contribution in [0, 0.1) is 11.6 Å². The van der Waals surface area contributed by atoms with Gasteiger partial charge in [0.2, 0.25) is 0 Å². The van der Waals surface area contributed by atoms with Gasteiger partial charge in [-0.15, -0.1) is 0 Å². The standard InChI is InChI=1S/C21H23Cl2F2N3O3/c22-17-3-1-15(11-19(17)24)30-10-7-26-28-8-5-14(6-9-28)27-21(29)13-31-16-2-4-18(23)20(25)12-16/h1-4,11-12,14,26H,5-10,13H2,(H,27,29). The highest BCUT2D eigenvalue weighted by Gasteiger charge is 2.20. The Morgan fingerprint density at radius 3 is 2.16 bits per heavy atom. The molecule has 0 unspecified atom stereocenters. The summed E-state index contributed by atoms with van der Waals surface area (Å²) in [6, 6.07) is 8.41. The molecule has 1 aliphatic rings. The first-order valence-corrected chi connectivity index (χ1v) is 10.6. The van der Waals surface area contributed by atoms with Crippen molar-refractivity contribution in [2.45, 2.75) is 18.9 Å². The Balaban J connectivity index is 1.28. The van der Waals surface area contributed by atoms with Crippen LogP contribution in [0.4, 0.5) is 8.78 Å². The molecule has 2 N–H and O–H groups in total. The molecule has 1 fully saturated rings. The molecule has 3 rings (SSSR count). The lowest BCUT2D eigenvalue weighted by molar-refractivity contribution is -0.124. The minimum absolute atomic E-state index is 0.00242. The second kappa shape index (κ2) is 11.5. The Bertz CT molecular complexity index is 896. The molecule has 0 saturated carbocycles. The van der Waals surface area contributed by atoms with Crippen LogP contribution < -0.4 is 20.2 Å². The van der Waals surface area contributed by atoms with Gasteiger partial charge in [-0.3, -0.25) is 10.2 Å². The molecular weight excluding hydrogens is 451 g/mol. The summed E-state index contributed by atoms with van der Waals surface area (Å²) in [5, 5.41) is 5.05. The van der Waals surface area contributed by atoms with Crippen LogP contribution in [0.5, 0.6) is 11.5 Å². The average molecular weight is 474 g/mol. The summed E-state index contributed by atoms with van der Waals surface area (Å²) in [5.41, 5.74) is 3.25. The fraction of sp³-hybridized carbons (Fsp3) is 0.381. The molecule has 0 aromatic heterocycles. The van der Waals surface area contributed by atoms with Crippen molar-refractivity contribution < 1.29 is 23.0 Å². The maximum atomic E-state index is 13.4. The Kier molecular flexibility index (Phi) is 8.71. The van der Waals surface area contributed by atoms with E-state index in [2.05, 4.69) is 15.8 Å². The largest absolute Gasteiger partial charge is 0.492 e. The number of rotatable bonds is 9. The van der Waals surface area contributed by atoms with Crippen molar-refractivity contribution in [2.24, 2.45) is 0 Å². The molecule has 10 heteroatoms. The summed E-state index contributed by atoms with van der Waals surface area (Å²) < 4.78 is 37.6. The van der Waals surface area contributed by atoms with E-state index in [4.69, 9.17) is 32.7 Å². The topological polar surface area (TPSA) is 62.8 Å². The zero-order valence-corrected chi connectivity index (χ0v) is 18.2. The van der Waals surface area contributed by atoms with Gasteiger partial charge < -0.3 is 14.8 Å². The van der Waals surface area contributed by atoms with Gasteiger partial charge in [-0.1, -0.05) is 23.2 Å². The molecule has 2 aromatic rings. The monoisotopic (exact) mass is 473 g/mol. The molecule has 0 aliphatic carbocycles. The van der Waals surface area contributed by atoms with Crippen LogP contribution in [0.1, 0.15) is 12.8 Å². The van der Waals surface area contributed by atoms with Gasteiger partial charge in [-0.25, -0.2) is 13.8 Å². The van der Waals surface area contributed by atoms with Crippen LogP contribution in [0.25, 0.3) is 0 Å². The van der Waals surface area contributed by atoms with Gasteiger partial charge >= 0.3 is 0 Å². The molecular formula is C21H23Cl2F2N3O3. The highest BCUT2D eigenvalue weighted by atomic mass is 35.5. The van der Waals surface area contributed by atoms with E-state index >= 15 is 0 Å². The Morgan fingerprint density at radius 2 is 1.58 bits per heavy atom. The Hall–Kier alpha value is -2.13. The van der Waals surface area contributed by atoms with Crippen molar-refractivity contribution in [3.63, 3.8) is 0 Å². The number of hydrogen-bond acceptors (Lipinski definition) is 5. The first-order chi connectivity index (χ1) is 14.9. The molecule has 2 aromatic carbocycles. The van der Waals surface area contributed by atoms with E-state index in [0.29, 0.717) is 18.9 Å². The maximum absolute atomic E-state index is 13.4. The van der Waals surface area contributed by atoms with Crippen LogP contribution in [0.3, 0.4) is 0 Å². The van der Waals surface area contributed by atoms with Crippen LogP contribution in [0.2, 0.25) is 10.0 Å². The van der Waals surface area contributed by atoms with Crippen LogP contribution in [0.15, 0.2) is 36.4 Å². The third-order valence-electron chi connectivity index (χ3n) is 4.72. The highest BCUT2D eigenvalue weighted by Crippen LogP contribution is 2.21. The number of nitrogens with zero attached hydrogens (tertiary/aromatic N) is 1. The second-order valence-corrected chi connectivity index (χ2v) is 7.84. The van der Waals surface area contributed by atoms with Crippen LogP contribution in [-0.2, 0) is 4.79 Å². The summed E-state index contributed by atoms with van der Waals surface area (Å²) >= 11 is 11.3. The lowest BCUT2D eigenvalue weighted by atomic mass is 10.1. The summed E-state index contributed by atoms with van der Waals surface area (Å²) in [5.74, 6) is -0.689. The van der Waals surface area contributed by atoms with Crippen molar-refractivity contribution in [1.29, 1.82) is 0 Å². The number of halogens is 4. The summed E-state index contributed by atoms with van der Waals surface area (Å²) in [4.78, 5) is 12.1. The number of benzene rings is 2. The highest BCUT2D eigenvalue weighted by molar-refractivity contribution is 6.31. The minimum atomic E-state index is -0.592. The molecule has 0 radical (unpaired) electrons. The third-order valence-corrected chi connectivity index (χ3v) is 5.33. The molecule has 0 bridgehead atoms. The van der Waals surface area contributed by atoms with Crippen molar-refractivity contribution in [3.05, 3.63) is 58.1 Å². The Morgan fingerprint density at radius 1 is 1.00 bits per heavy atom. The molecule has 1 amide bonds. The van der Waals surface area contributed by atoms with Crippen LogP contribution in [-0.4, -0.2) is 49.8 Å². The Labute approximate surface area is 189 Å². The normalized spacial score (nSPS) is 15.0. The quantitative estimate of drug-likeness (QED) is 0.542. The first kappa shape index (κ1) is 23.5. The van der Waals surface area contributed by atoms with E-state index in [-0.39, 0.29) is 34.4 Å². The maximum Gasteiger partial charge on any atom is 0.258 e. The van der Waals surface area contributed by atoms with Gasteiger partial charge in [-0.05, 0) is 37.1 Å². The smallest absolute Gasteiger partial charge is 0.258 e. The molecule has 31 heavy (non-hydrogen) atoms. The summed E-state index contributed by atoms with van der Waals surface area (Å²) in [7, 11) is 0. The number of nitrogens with one attached hydrogen (secondary N) is 2. The minimum Gasteiger partial charge on any atom is -0.492 e. The molecule has 1 saturated heterocycles. The number of carbonyl (C=O) groups is 1. The number of piperidine rings is 1. The predicted molar refractivity (Wildman–Crippen MR) is 115 cm³/mol. The van der Waals surface area contributed by atoms with E-state index in [1.54, 1.807) is 6.07 Å². The van der Waals surface area contributed by atoms with E-state index in [1.807, 2.05) is 0 Å². The fourth-order valence-corrected chi connectivity index (χ4v) is 3.34. The van der Waals surface area contributed by atoms with E-state index in [9.17, 15) is 13.6 Å². The van der Waals surface area contributed by atoms with E-state index in [1.165, 1.54) is 24.3 Å². The molecule has 1 heterocycles. The average Bonchev–Trinajstić information content (AvgIpc) is 2.75. The first-order valence-electron chi connectivity index (χ1n) is 9.84. The van der Waals surface area contributed by atoms with Gasteiger partial charge in [0.25, 0.3) is 5.91 Å². The third kappa shape index (κ3) is 7.50. The van der Waals surface area contributed by atoms with E-state index < -0.39 is 11.6 Å². The van der Waals surface area contributed by atoms with Gasteiger partial charge in [0, 0.05) is 37.8 Å². The molecule has 6 nitrogen and oxygen atoms in total.